The molecule has 0 bridgehead atoms. The standard InChI is InChI=1S/C15H12O3S/c1-4-10-12(5-2)19-13-8-9(15(17)18-3)6-7-11(13)14(10)16/h4-8H,1-2H2,3H3. The average molecular weight is 272 g/mol. The minimum absolute atomic E-state index is 0.102. The maximum Gasteiger partial charge on any atom is 0.337 e. The predicted molar refractivity (Wildman–Crippen MR) is 79.6 cm³/mol. The van der Waals surface area contributed by atoms with Crippen LogP contribution in [-0.2, 0) is 4.74 Å². The number of methoxy groups -OCH3 is 1. The van der Waals surface area contributed by atoms with Crippen LogP contribution >= 0.6 is 11.3 Å². The quantitative estimate of drug-likeness (QED) is 0.805. The van der Waals surface area contributed by atoms with Crippen LogP contribution in [0.5, 0.6) is 0 Å². The summed E-state index contributed by atoms with van der Waals surface area (Å²) in [4.78, 5) is 24.5. The fraction of sp³-hybridized carbons (Fsp3) is 0.0667. The van der Waals surface area contributed by atoms with Gasteiger partial charge in [0, 0.05) is 20.5 Å². The highest BCUT2D eigenvalue weighted by Crippen LogP contribution is 2.25. The largest absolute Gasteiger partial charge is 0.465 e. The Labute approximate surface area is 114 Å². The Morgan fingerprint density at radius 1 is 1.32 bits per heavy atom. The first kappa shape index (κ1) is 13.2. The van der Waals surface area contributed by atoms with E-state index in [2.05, 4.69) is 17.9 Å². The van der Waals surface area contributed by atoms with Crippen molar-refractivity contribution >= 4 is 39.5 Å². The summed E-state index contributed by atoms with van der Waals surface area (Å²) in [6.07, 6.45) is 3.15. The molecule has 0 spiro atoms. The first-order chi connectivity index (χ1) is 9.12. The molecular formula is C15H12O3S. The van der Waals surface area contributed by atoms with Crippen molar-refractivity contribution in [2.75, 3.05) is 7.11 Å². The molecule has 0 aliphatic rings. The van der Waals surface area contributed by atoms with Crippen molar-refractivity contribution in [3.8, 4) is 0 Å². The van der Waals surface area contributed by atoms with E-state index in [1.165, 1.54) is 24.5 Å². The zero-order valence-electron chi connectivity index (χ0n) is 10.4. The smallest absolute Gasteiger partial charge is 0.337 e. The summed E-state index contributed by atoms with van der Waals surface area (Å²) < 4.78 is 5.40. The van der Waals surface area contributed by atoms with Gasteiger partial charge in [-0.25, -0.2) is 4.79 Å². The fourth-order valence-electron chi connectivity index (χ4n) is 1.81. The van der Waals surface area contributed by atoms with E-state index < -0.39 is 5.97 Å². The first-order valence-electron chi connectivity index (χ1n) is 5.56. The summed E-state index contributed by atoms with van der Waals surface area (Å²) in [6.45, 7) is 7.34. The minimum Gasteiger partial charge on any atom is -0.465 e. The molecule has 0 radical (unpaired) electrons. The number of carbonyl (C=O) groups is 1. The van der Waals surface area contributed by atoms with Crippen LogP contribution < -0.4 is 5.43 Å². The lowest BCUT2D eigenvalue weighted by atomic mass is 10.1. The molecule has 96 valence electrons. The molecule has 0 saturated carbocycles. The number of hydrogen-bond donors (Lipinski definition) is 0. The predicted octanol–water partition coefficient (Wildman–Crippen LogP) is 3.33. The first-order valence-corrected chi connectivity index (χ1v) is 6.38. The van der Waals surface area contributed by atoms with Gasteiger partial charge >= 0.3 is 5.97 Å². The average Bonchev–Trinajstić information content (AvgIpc) is 2.45. The van der Waals surface area contributed by atoms with Gasteiger partial charge in [0.1, 0.15) is 0 Å². The summed E-state index contributed by atoms with van der Waals surface area (Å²) in [5.74, 6) is -0.422. The SMILES string of the molecule is C=Cc1sc2cc(C(=O)OC)ccc2c(=O)c1C=C. The lowest BCUT2D eigenvalue weighted by Crippen LogP contribution is -2.07. The van der Waals surface area contributed by atoms with Gasteiger partial charge in [0.15, 0.2) is 5.43 Å². The lowest BCUT2D eigenvalue weighted by Gasteiger charge is -2.05. The van der Waals surface area contributed by atoms with Crippen LogP contribution in [0.4, 0.5) is 0 Å². The lowest BCUT2D eigenvalue weighted by molar-refractivity contribution is 0.0601. The molecule has 2 rings (SSSR count). The Balaban J connectivity index is 2.81. The maximum absolute atomic E-state index is 12.3. The van der Waals surface area contributed by atoms with Crippen LogP contribution in [0.1, 0.15) is 20.8 Å². The van der Waals surface area contributed by atoms with Crippen molar-refractivity contribution in [1.82, 2.24) is 0 Å². The summed E-state index contributed by atoms with van der Waals surface area (Å²) in [5, 5.41) is 0.568. The van der Waals surface area contributed by atoms with Gasteiger partial charge in [-0.05, 0) is 18.2 Å². The Bertz CT molecular complexity index is 741. The summed E-state index contributed by atoms with van der Waals surface area (Å²) >= 11 is 1.40. The van der Waals surface area contributed by atoms with E-state index in [0.717, 1.165) is 9.58 Å². The molecule has 1 aromatic carbocycles. The van der Waals surface area contributed by atoms with Crippen molar-refractivity contribution in [2.45, 2.75) is 0 Å². The van der Waals surface area contributed by atoms with E-state index in [1.807, 2.05) is 0 Å². The third kappa shape index (κ3) is 2.22. The minimum atomic E-state index is -0.422. The number of benzene rings is 1. The molecule has 0 saturated heterocycles. The van der Waals surface area contributed by atoms with Crippen LogP contribution in [-0.4, -0.2) is 13.1 Å². The van der Waals surface area contributed by atoms with E-state index in [-0.39, 0.29) is 5.43 Å². The van der Waals surface area contributed by atoms with Crippen LogP contribution in [0.2, 0.25) is 0 Å². The highest BCUT2D eigenvalue weighted by molar-refractivity contribution is 7.19. The third-order valence-corrected chi connectivity index (χ3v) is 3.93. The van der Waals surface area contributed by atoms with E-state index in [1.54, 1.807) is 24.3 Å². The van der Waals surface area contributed by atoms with Crippen LogP contribution in [0.15, 0.2) is 36.2 Å². The summed E-state index contributed by atoms with van der Waals surface area (Å²) in [7, 11) is 1.32. The Kier molecular flexibility index (Phi) is 3.62. The second-order valence-corrected chi connectivity index (χ2v) is 4.90. The molecular weight excluding hydrogens is 260 g/mol. The fourth-order valence-corrected chi connectivity index (χ4v) is 2.88. The molecule has 0 aliphatic heterocycles. The van der Waals surface area contributed by atoms with Crippen molar-refractivity contribution in [1.29, 1.82) is 0 Å². The molecule has 4 heteroatoms. The van der Waals surface area contributed by atoms with E-state index in [9.17, 15) is 9.59 Å². The summed E-state index contributed by atoms with van der Waals surface area (Å²) in [6, 6.07) is 4.89. The second kappa shape index (κ2) is 5.20. The van der Waals surface area contributed by atoms with Gasteiger partial charge in [-0.3, -0.25) is 4.79 Å². The van der Waals surface area contributed by atoms with Crippen LogP contribution in [0.3, 0.4) is 0 Å². The number of fused-ring (bicyclic) bond motifs is 1. The molecule has 0 atom stereocenters. The number of ether oxygens (including phenoxy) is 1. The van der Waals surface area contributed by atoms with Gasteiger partial charge in [-0.1, -0.05) is 25.3 Å². The maximum atomic E-state index is 12.3. The van der Waals surface area contributed by atoms with Gasteiger partial charge < -0.3 is 4.74 Å². The van der Waals surface area contributed by atoms with Crippen molar-refractivity contribution in [3.05, 3.63) is 57.6 Å². The monoisotopic (exact) mass is 272 g/mol. The molecule has 0 fully saturated rings. The topological polar surface area (TPSA) is 43.4 Å². The third-order valence-electron chi connectivity index (χ3n) is 2.77. The molecule has 2 aromatic rings. The van der Waals surface area contributed by atoms with Crippen molar-refractivity contribution in [2.24, 2.45) is 0 Å². The Morgan fingerprint density at radius 2 is 2.05 bits per heavy atom. The Morgan fingerprint density at radius 3 is 2.63 bits per heavy atom. The van der Waals surface area contributed by atoms with Crippen LogP contribution in [0, 0.1) is 0 Å². The van der Waals surface area contributed by atoms with Gasteiger partial charge in [-0.15, -0.1) is 11.3 Å². The van der Waals surface area contributed by atoms with Gasteiger partial charge in [0.2, 0.25) is 0 Å². The van der Waals surface area contributed by atoms with Gasteiger partial charge in [0.25, 0.3) is 0 Å². The van der Waals surface area contributed by atoms with E-state index in [4.69, 9.17) is 0 Å². The number of hydrogen-bond acceptors (Lipinski definition) is 4. The Hall–Kier alpha value is -2.20. The molecule has 0 unspecified atom stereocenters. The second-order valence-electron chi connectivity index (χ2n) is 3.82. The van der Waals surface area contributed by atoms with Gasteiger partial charge in [-0.2, -0.15) is 0 Å². The number of esters is 1. The normalized spacial score (nSPS) is 10.2. The molecule has 0 aliphatic carbocycles. The zero-order chi connectivity index (χ0) is 14.0. The molecule has 1 aromatic heterocycles. The molecule has 1 heterocycles. The molecule has 0 N–H and O–H groups in total. The zero-order valence-corrected chi connectivity index (χ0v) is 11.3. The molecule has 3 nitrogen and oxygen atoms in total. The molecule has 19 heavy (non-hydrogen) atoms. The highest BCUT2D eigenvalue weighted by Gasteiger charge is 2.11. The van der Waals surface area contributed by atoms with Crippen molar-refractivity contribution in [3.63, 3.8) is 0 Å². The summed E-state index contributed by atoms with van der Waals surface area (Å²) in [5.41, 5.74) is 0.861. The van der Waals surface area contributed by atoms with E-state index >= 15 is 0 Å². The van der Waals surface area contributed by atoms with E-state index in [0.29, 0.717) is 16.5 Å². The van der Waals surface area contributed by atoms with Gasteiger partial charge in [0.05, 0.1) is 12.7 Å². The number of carbonyl (C=O) groups excluding carboxylic acids is 1. The molecule has 0 amide bonds. The highest BCUT2D eigenvalue weighted by atomic mass is 32.1. The van der Waals surface area contributed by atoms with Crippen LogP contribution in [0.25, 0.3) is 22.2 Å². The number of rotatable bonds is 3. The van der Waals surface area contributed by atoms with Crippen molar-refractivity contribution < 1.29 is 9.53 Å².